The van der Waals surface area contributed by atoms with Crippen LogP contribution in [0.4, 0.5) is 0 Å². The molecule has 0 saturated carbocycles. The zero-order valence-corrected chi connectivity index (χ0v) is 12.1. The van der Waals surface area contributed by atoms with Gasteiger partial charge in [-0.25, -0.2) is 4.98 Å². The number of rotatable bonds is 5. The summed E-state index contributed by atoms with van der Waals surface area (Å²) < 4.78 is 2.21. The standard InChI is InChI=1S/C16H23N3/c1-4-14(17)10-16-18-8-9-19(16)11-15-12(2)6-5-7-13(15)3/h5-9,14H,4,10-11,17H2,1-3H3. The molecule has 0 aliphatic carbocycles. The van der Waals surface area contributed by atoms with E-state index in [1.807, 2.05) is 12.4 Å². The second-order valence-corrected chi connectivity index (χ2v) is 5.21. The molecule has 19 heavy (non-hydrogen) atoms. The summed E-state index contributed by atoms with van der Waals surface area (Å²) in [6.07, 6.45) is 5.74. The minimum absolute atomic E-state index is 0.194. The Morgan fingerprint density at radius 1 is 1.26 bits per heavy atom. The molecule has 102 valence electrons. The van der Waals surface area contributed by atoms with Crippen molar-refractivity contribution in [2.45, 2.75) is 46.2 Å². The van der Waals surface area contributed by atoms with Crippen molar-refractivity contribution in [1.29, 1.82) is 0 Å². The maximum atomic E-state index is 6.03. The molecule has 0 bridgehead atoms. The van der Waals surface area contributed by atoms with E-state index in [2.05, 4.69) is 48.5 Å². The molecule has 1 atom stereocenters. The Kier molecular flexibility index (Phi) is 4.38. The van der Waals surface area contributed by atoms with Crippen LogP contribution in [0.1, 0.15) is 35.9 Å². The average Bonchev–Trinajstić information content (AvgIpc) is 2.81. The third-order valence-electron chi connectivity index (χ3n) is 3.74. The van der Waals surface area contributed by atoms with Crippen LogP contribution in [0.3, 0.4) is 0 Å². The highest BCUT2D eigenvalue weighted by molar-refractivity contribution is 5.33. The van der Waals surface area contributed by atoms with Crippen molar-refractivity contribution in [1.82, 2.24) is 9.55 Å². The van der Waals surface area contributed by atoms with E-state index >= 15 is 0 Å². The fraction of sp³-hybridized carbons (Fsp3) is 0.438. The zero-order chi connectivity index (χ0) is 13.8. The number of hydrogen-bond acceptors (Lipinski definition) is 2. The number of nitrogens with zero attached hydrogens (tertiary/aromatic N) is 2. The van der Waals surface area contributed by atoms with Gasteiger partial charge < -0.3 is 10.3 Å². The van der Waals surface area contributed by atoms with Gasteiger partial charge in [0.15, 0.2) is 0 Å². The molecule has 0 saturated heterocycles. The molecule has 0 radical (unpaired) electrons. The summed E-state index contributed by atoms with van der Waals surface area (Å²) in [5.41, 5.74) is 10.1. The maximum absolute atomic E-state index is 6.03. The van der Waals surface area contributed by atoms with Gasteiger partial charge in [0.05, 0.1) is 0 Å². The van der Waals surface area contributed by atoms with Gasteiger partial charge in [0, 0.05) is 31.4 Å². The van der Waals surface area contributed by atoms with Crippen molar-refractivity contribution in [3.63, 3.8) is 0 Å². The summed E-state index contributed by atoms with van der Waals surface area (Å²) in [4.78, 5) is 4.44. The van der Waals surface area contributed by atoms with Crippen molar-refractivity contribution >= 4 is 0 Å². The van der Waals surface area contributed by atoms with Crippen LogP contribution in [0.25, 0.3) is 0 Å². The first-order chi connectivity index (χ1) is 9.11. The molecule has 1 aromatic carbocycles. The van der Waals surface area contributed by atoms with Gasteiger partial charge in [-0.3, -0.25) is 0 Å². The number of nitrogens with two attached hydrogens (primary N) is 1. The van der Waals surface area contributed by atoms with E-state index in [1.165, 1.54) is 16.7 Å². The van der Waals surface area contributed by atoms with Crippen LogP contribution in [0, 0.1) is 13.8 Å². The quantitative estimate of drug-likeness (QED) is 0.895. The van der Waals surface area contributed by atoms with Crippen LogP contribution in [-0.4, -0.2) is 15.6 Å². The lowest BCUT2D eigenvalue weighted by molar-refractivity contribution is 0.596. The van der Waals surface area contributed by atoms with E-state index in [-0.39, 0.29) is 6.04 Å². The van der Waals surface area contributed by atoms with Gasteiger partial charge in [-0.1, -0.05) is 25.1 Å². The summed E-state index contributed by atoms with van der Waals surface area (Å²) in [6, 6.07) is 6.63. The molecule has 2 N–H and O–H groups in total. The molecular formula is C16H23N3. The van der Waals surface area contributed by atoms with Crippen LogP contribution in [0.2, 0.25) is 0 Å². The highest BCUT2D eigenvalue weighted by atomic mass is 15.1. The number of aromatic nitrogens is 2. The van der Waals surface area contributed by atoms with Crippen molar-refractivity contribution in [3.05, 3.63) is 53.1 Å². The van der Waals surface area contributed by atoms with Gasteiger partial charge in [-0.15, -0.1) is 0 Å². The minimum Gasteiger partial charge on any atom is -0.330 e. The zero-order valence-electron chi connectivity index (χ0n) is 12.1. The van der Waals surface area contributed by atoms with E-state index in [4.69, 9.17) is 5.73 Å². The molecule has 3 heteroatoms. The first kappa shape index (κ1) is 13.8. The Morgan fingerprint density at radius 3 is 2.58 bits per heavy atom. The van der Waals surface area contributed by atoms with E-state index in [1.54, 1.807) is 0 Å². The highest BCUT2D eigenvalue weighted by Gasteiger charge is 2.10. The SMILES string of the molecule is CCC(N)Cc1nccn1Cc1c(C)cccc1C. The molecular weight excluding hydrogens is 234 g/mol. The predicted molar refractivity (Wildman–Crippen MR) is 79.2 cm³/mol. The Balaban J connectivity index is 2.22. The van der Waals surface area contributed by atoms with E-state index in [0.29, 0.717) is 0 Å². The largest absolute Gasteiger partial charge is 0.330 e. The lowest BCUT2D eigenvalue weighted by Gasteiger charge is -2.14. The maximum Gasteiger partial charge on any atom is 0.110 e. The van der Waals surface area contributed by atoms with Gasteiger partial charge in [-0.2, -0.15) is 0 Å². The molecule has 0 spiro atoms. The summed E-state index contributed by atoms with van der Waals surface area (Å²) in [6.45, 7) is 7.32. The lowest BCUT2D eigenvalue weighted by Crippen LogP contribution is -2.23. The van der Waals surface area contributed by atoms with E-state index < -0.39 is 0 Å². The third kappa shape index (κ3) is 3.24. The van der Waals surface area contributed by atoms with Crippen molar-refractivity contribution in [3.8, 4) is 0 Å². The molecule has 2 aromatic rings. The van der Waals surface area contributed by atoms with Crippen LogP contribution in [0.15, 0.2) is 30.6 Å². The topological polar surface area (TPSA) is 43.8 Å². The van der Waals surface area contributed by atoms with Crippen LogP contribution in [-0.2, 0) is 13.0 Å². The summed E-state index contributed by atoms with van der Waals surface area (Å²) in [5.74, 6) is 1.08. The lowest BCUT2D eigenvalue weighted by atomic mass is 10.0. The van der Waals surface area contributed by atoms with Crippen LogP contribution < -0.4 is 5.73 Å². The molecule has 2 rings (SSSR count). The fourth-order valence-electron chi connectivity index (χ4n) is 2.32. The molecule has 1 aromatic heterocycles. The van der Waals surface area contributed by atoms with Gasteiger partial charge in [0.2, 0.25) is 0 Å². The monoisotopic (exact) mass is 257 g/mol. The average molecular weight is 257 g/mol. The van der Waals surface area contributed by atoms with E-state index in [0.717, 1.165) is 25.2 Å². The summed E-state index contributed by atoms with van der Waals surface area (Å²) >= 11 is 0. The van der Waals surface area contributed by atoms with Gasteiger partial charge in [-0.05, 0) is 37.0 Å². The number of imidazole rings is 1. The number of hydrogen-bond donors (Lipinski definition) is 1. The summed E-state index contributed by atoms with van der Waals surface area (Å²) in [7, 11) is 0. The normalized spacial score (nSPS) is 12.6. The third-order valence-corrected chi connectivity index (χ3v) is 3.74. The molecule has 1 unspecified atom stereocenters. The van der Waals surface area contributed by atoms with Crippen LogP contribution in [0.5, 0.6) is 0 Å². The Labute approximate surface area is 115 Å². The van der Waals surface area contributed by atoms with Crippen LogP contribution >= 0.6 is 0 Å². The molecule has 0 aliphatic heterocycles. The van der Waals surface area contributed by atoms with E-state index in [9.17, 15) is 0 Å². The van der Waals surface area contributed by atoms with Crippen molar-refractivity contribution in [2.75, 3.05) is 0 Å². The first-order valence-electron chi connectivity index (χ1n) is 6.92. The van der Waals surface area contributed by atoms with Gasteiger partial charge in [0.25, 0.3) is 0 Å². The second-order valence-electron chi connectivity index (χ2n) is 5.21. The van der Waals surface area contributed by atoms with Gasteiger partial charge in [0.1, 0.15) is 5.82 Å². The molecule has 3 nitrogen and oxygen atoms in total. The Bertz CT molecular complexity index is 522. The highest BCUT2D eigenvalue weighted by Crippen LogP contribution is 2.16. The molecule has 0 amide bonds. The Morgan fingerprint density at radius 2 is 1.95 bits per heavy atom. The molecule has 0 aliphatic rings. The first-order valence-corrected chi connectivity index (χ1v) is 6.92. The Hall–Kier alpha value is -1.61. The molecule has 0 fully saturated rings. The fourth-order valence-corrected chi connectivity index (χ4v) is 2.32. The smallest absolute Gasteiger partial charge is 0.110 e. The van der Waals surface area contributed by atoms with Crippen molar-refractivity contribution < 1.29 is 0 Å². The van der Waals surface area contributed by atoms with Crippen molar-refractivity contribution in [2.24, 2.45) is 5.73 Å². The molecule has 1 heterocycles. The second kappa shape index (κ2) is 6.02. The number of aryl methyl sites for hydroxylation is 2. The van der Waals surface area contributed by atoms with Gasteiger partial charge >= 0.3 is 0 Å². The number of benzene rings is 1. The predicted octanol–water partition coefficient (Wildman–Crippen LogP) is 2.83. The summed E-state index contributed by atoms with van der Waals surface area (Å²) in [5, 5.41) is 0. The minimum atomic E-state index is 0.194.